The van der Waals surface area contributed by atoms with Gasteiger partial charge in [0, 0.05) is 13.5 Å². The molecule has 0 spiro atoms. The summed E-state index contributed by atoms with van der Waals surface area (Å²) in [4.78, 5) is 11.2. The molecule has 1 aromatic rings. The van der Waals surface area contributed by atoms with E-state index in [2.05, 4.69) is 10.3 Å². The molecule has 1 saturated carbocycles. The maximum absolute atomic E-state index is 11.2. The van der Waals surface area contributed by atoms with Crippen molar-refractivity contribution < 1.29 is 19.7 Å². The molecule has 1 aliphatic rings. The highest BCUT2D eigenvalue weighted by molar-refractivity contribution is 5.86. The fourth-order valence-corrected chi connectivity index (χ4v) is 2.72. The van der Waals surface area contributed by atoms with Crippen LogP contribution in [-0.2, 0) is 17.7 Å². The first-order chi connectivity index (χ1) is 9.56. The fraction of sp³-hybridized carbons (Fsp3) is 0.769. The molecule has 0 unspecified atom stereocenters. The minimum Gasteiger partial charge on any atom is -0.476 e. The zero-order valence-corrected chi connectivity index (χ0v) is 11.7. The van der Waals surface area contributed by atoms with Crippen LogP contribution in [0.15, 0.2) is 0 Å². The molecular weight excluding hydrogens is 262 g/mol. The van der Waals surface area contributed by atoms with E-state index < -0.39 is 11.6 Å². The van der Waals surface area contributed by atoms with Gasteiger partial charge in [-0.3, -0.25) is 0 Å². The summed E-state index contributed by atoms with van der Waals surface area (Å²) in [5.41, 5.74) is -0.344. The van der Waals surface area contributed by atoms with Crippen LogP contribution in [0.2, 0.25) is 0 Å². The van der Waals surface area contributed by atoms with Gasteiger partial charge in [-0.25, -0.2) is 9.48 Å². The maximum atomic E-state index is 11.2. The number of carboxylic acids is 1. The zero-order chi connectivity index (χ0) is 14.6. The van der Waals surface area contributed by atoms with Gasteiger partial charge in [-0.15, -0.1) is 5.10 Å². The number of aliphatic hydroxyl groups is 1. The third kappa shape index (κ3) is 3.34. The minimum atomic E-state index is -1.10. The van der Waals surface area contributed by atoms with Crippen LogP contribution in [-0.4, -0.2) is 50.5 Å². The fourth-order valence-electron chi connectivity index (χ4n) is 2.72. The van der Waals surface area contributed by atoms with E-state index >= 15 is 0 Å². The van der Waals surface area contributed by atoms with Gasteiger partial charge in [0.05, 0.1) is 24.4 Å². The van der Waals surface area contributed by atoms with Crippen molar-refractivity contribution >= 4 is 5.97 Å². The zero-order valence-electron chi connectivity index (χ0n) is 11.7. The Hall–Kier alpha value is -1.47. The average molecular weight is 283 g/mol. The molecule has 7 nitrogen and oxygen atoms in total. The molecule has 2 N–H and O–H groups in total. The standard InChI is InChI=1S/C13H21N3O4/c1-20-8-5-10-11(12(17)18)14-15-16(10)9-13(19)6-3-2-4-7-13/h19H,2-9H2,1H3,(H,17,18). The molecule has 0 saturated heterocycles. The van der Waals surface area contributed by atoms with Gasteiger partial charge >= 0.3 is 5.97 Å². The lowest BCUT2D eigenvalue weighted by molar-refractivity contribution is -0.0155. The molecule has 20 heavy (non-hydrogen) atoms. The summed E-state index contributed by atoms with van der Waals surface area (Å²) >= 11 is 0. The largest absolute Gasteiger partial charge is 0.476 e. The van der Waals surface area contributed by atoms with Crippen LogP contribution in [0.25, 0.3) is 0 Å². The Morgan fingerprint density at radius 1 is 1.40 bits per heavy atom. The molecule has 1 fully saturated rings. The minimum absolute atomic E-state index is 0.0542. The molecular formula is C13H21N3O4. The van der Waals surface area contributed by atoms with Gasteiger partial charge in [0.2, 0.25) is 0 Å². The number of carbonyl (C=O) groups is 1. The van der Waals surface area contributed by atoms with Crippen LogP contribution in [0.5, 0.6) is 0 Å². The van der Waals surface area contributed by atoms with Gasteiger partial charge in [0.15, 0.2) is 5.69 Å². The van der Waals surface area contributed by atoms with E-state index in [1.807, 2.05) is 0 Å². The van der Waals surface area contributed by atoms with Crippen LogP contribution in [0.3, 0.4) is 0 Å². The van der Waals surface area contributed by atoms with Crippen molar-refractivity contribution in [2.75, 3.05) is 13.7 Å². The molecule has 112 valence electrons. The summed E-state index contributed by atoms with van der Waals surface area (Å²) in [5, 5.41) is 27.3. The SMILES string of the molecule is COCCc1c(C(=O)O)nnn1CC1(O)CCCCC1. The Morgan fingerprint density at radius 2 is 2.10 bits per heavy atom. The second kappa shape index (κ2) is 6.32. The van der Waals surface area contributed by atoms with Gasteiger partial charge in [0.25, 0.3) is 0 Å². The summed E-state index contributed by atoms with van der Waals surface area (Å²) < 4.78 is 6.52. The second-order valence-corrected chi connectivity index (χ2v) is 5.38. The van der Waals surface area contributed by atoms with E-state index in [0.717, 1.165) is 32.1 Å². The normalized spacial score (nSPS) is 18.1. The van der Waals surface area contributed by atoms with Crippen LogP contribution in [0.1, 0.15) is 48.3 Å². The van der Waals surface area contributed by atoms with Gasteiger partial charge in [0.1, 0.15) is 0 Å². The molecule has 0 aromatic carbocycles. The van der Waals surface area contributed by atoms with Crippen molar-refractivity contribution in [3.8, 4) is 0 Å². The molecule has 2 rings (SSSR count). The first-order valence-electron chi connectivity index (χ1n) is 6.93. The Bertz CT molecular complexity index is 466. The lowest BCUT2D eigenvalue weighted by atomic mass is 9.85. The van der Waals surface area contributed by atoms with E-state index in [0.29, 0.717) is 25.3 Å². The highest BCUT2D eigenvalue weighted by Crippen LogP contribution is 2.29. The van der Waals surface area contributed by atoms with Crippen molar-refractivity contribution in [3.63, 3.8) is 0 Å². The number of nitrogens with zero attached hydrogens (tertiary/aromatic N) is 3. The highest BCUT2D eigenvalue weighted by Gasteiger charge is 2.32. The van der Waals surface area contributed by atoms with Gasteiger partial charge < -0.3 is 14.9 Å². The number of aromatic carboxylic acids is 1. The average Bonchev–Trinajstić information content (AvgIpc) is 2.79. The van der Waals surface area contributed by atoms with E-state index in [1.165, 1.54) is 4.68 Å². The Balaban J connectivity index is 2.19. The summed E-state index contributed by atoms with van der Waals surface area (Å²) in [5.74, 6) is -1.10. The molecule has 1 aromatic heterocycles. The quantitative estimate of drug-likeness (QED) is 0.803. The first kappa shape index (κ1) is 14.9. The molecule has 0 bridgehead atoms. The lowest BCUT2D eigenvalue weighted by Gasteiger charge is -2.32. The van der Waals surface area contributed by atoms with E-state index in [9.17, 15) is 9.90 Å². The molecule has 0 aliphatic heterocycles. The number of aromatic nitrogens is 3. The second-order valence-electron chi connectivity index (χ2n) is 5.38. The van der Waals surface area contributed by atoms with Crippen LogP contribution in [0, 0.1) is 0 Å². The van der Waals surface area contributed by atoms with Crippen LogP contribution >= 0.6 is 0 Å². The van der Waals surface area contributed by atoms with E-state index in [4.69, 9.17) is 9.84 Å². The first-order valence-corrected chi connectivity index (χ1v) is 6.93. The molecule has 1 aliphatic carbocycles. The summed E-state index contributed by atoms with van der Waals surface area (Å²) in [7, 11) is 1.56. The van der Waals surface area contributed by atoms with Crippen molar-refractivity contribution in [1.29, 1.82) is 0 Å². The molecule has 0 amide bonds. The van der Waals surface area contributed by atoms with Gasteiger partial charge in [-0.1, -0.05) is 24.5 Å². The van der Waals surface area contributed by atoms with Crippen LogP contribution in [0.4, 0.5) is 0 Å². The number of carboxylic acid groups (broad SMARTS) is 1. The Labute approximate surface area is 117 Å². The number of hydrogen-bond donors (Lipinski definition) is 2. The number of rotatable bonds is 6. The smallest absolute Gasteiger partial charge is 0.358 e. The molecule has 0 radical (unpaired) electrons. The van der Waals surface area contributed by atoms with E-state index in [1.54, 1.807) is 7.11 Å². The van der Waals surface area contributed by atoms with Crippen molar-refractivity contribution in [3.05, 3.63) is 11.4 Å². The Morgan fingerprint density at radius 3 is 2.70 bits per heavy atom. The third-order valence-corrected chi connectivity index (χ3v) is 3.81. The summed E-state index contributed by atoms with van der Waals surface area (Å²) in [6.45, 7) is 0.693. The van der Waals surface area contributed by atoms with Crippen molar-refractivity contribution in [1.82, 2.24) is 15.0 Å². The van der Waals surface area contributed by atoms with Gasteiger partial charge in [-0.2, -0.15) is 0 Å². The summed E-state index contributed by atoms with van der Waals surface area (Å²) in [6.07, 6.45) is 4.98. The summed E-state index contributed by atoms with van der Waals surface area (Å²) in [6, 6.07) is 0. The number of ether oxygens (including phenoxy) is 1. The van der Waals surface area contributed by atoms with Gasteiger partial charge in [-0.05, 0) is 12.8 Å². The predicted molar refractivity (Wildman–Crippen MR) is 70.6 cm³/mol. The number of hydrogen-bond acceptors (Lipinski definition) is 5. The molecule has 7 heteroatoms. The monoisotopic (exact) mass is 283 g/mol. The van der Waals surface area contributed by atoms with Crippen molar-refractivity contribution in [2.24, 2.45) is 0 Å². The molecule has 1 heterocycles. The third-order valence-electron chi connectivity index (χ3n) is 3.81. The van der Waals surface area contributed by atoms with E-state index in [-0.39, 0.29) is 5.69 Å². The predicted octanol–water partition coefficient (Wildman–Crippen LogP) is 0.860. The van der Waals surface area contributed by atoms with Crippen molar-refractivity contribution in [2.45, 2.75) is 50.7 Å². The number of methoxy groups -OCH3 is 1. The maximum Gasteiger partial charge on any atom is 0.358 e. The molecule has 0 atom stereocenters. The highest BCUT2D eigenvalue weighted by atomic mass is 16.5. The lowest BCUT2D eigenvalue weighted by Crippen LogP contribution is -2.37. The topological polar surface area (TPSA) is 97.5 Å². The van der Waals surface area contributed by atoms with Crippen LogP contribution < -0.4 is 0 Å². The Kier molecular flexibility index (Phi) is 4.72.